The molecule has 2 aliphatic heterocycles. The van der Waals surface area contributed by atoms with Gasteiger partial charge in [0.1, 0.15) is 24.2 Å². The molecule has 2 fully saturated rings. The molecule has 14 heteroatoms. The number of carboxylic acid groups (broad SMARTS) is 4. The van der Waals surface area contributed by atoms with E-state index in [-0.39, 0.29) is 0 Å². The van der Waals surface area contributed by atoms with Gasteiger partial charge in [0.25, 0.3) is 0 Å². The number of carboxylic acids is 4. The smallest absolute Gasteiger partial charge is 0.414 e. The number of fused-ring (bicyclic) bond motifs is 1. The Morgan fingerprint density at radius 3 is 1.90 bits per heavy atom. The van der Waals surface area contributed by atoms with Crippen molar-refractivity contribution in [2.45, 2.75) is 51.7 Å². The van der Waals surface area contributed by atoms with E-state index in [0.29, 0.717) is 18.9 Å². The molecule has 3 heterocycles. The molecule has 0 bridgehead atoms. The number of rotatable bonds is 10. The van der Waals surface area contributed by atoms with Gasteiger partial charge in [-0.3, -0.25) is 4.90 Å². The first-order valence-electron chi connectivity index (χ1n) is 16.9. The third-order valence-corrected chi connectivity index (χ3v) is 9.99. The van der Waals surface area contributed by atoms with Gasteiger partial charge < -0.3 is 40.3 Å². The standard InChI is InChI=1S/C34H40N2O3S.2C2H2O4/c1-24-18-25(6-7-27(24)21-35-14-2-3-15-35)19-32-31-13-10-28(37)20-33(31)40-34(32)26-8-11-30(12-9-26)39-23-29(38)22-36-16-4-5-17-36;2*3-1(4)2(5)6/h6-13,18,20,29,37-38H,2-5,14-17,19,21-23H2,1H3;2*(H,3,4)(H,5,6)/t29-;;/m1../s1. The van der Waals surface area contributed by atoms with E-state index < -0.39 is 30.0 Å². The predicted molar refractivity (Wildman–Crippen MR) is 195 cm³/mol. The molecule has 0 aliphatic carbocycles. The summed E-state index contributed by atoms with van der Waals surface area (Å²) in [4.78, 5) is 42.5. The molecule has 2 saturated heterocycles. The second kappa shape index (κ2) is 19.0. The molecule has 0 amide bonds. The van der Waals surface area contributed by atoms with E-state index in [9.17, 15) is 10.2 Å². The van der Waals surface area contributed by atoms with Crippen LogP contribution in [0.5, 0.6) is 11.5 Å². The van der Waals surface area contributed by atoms with E-state index in [2.05, 4.69) is 47.1 Å². The van der Waals surface area contributed by atoms with Crippen molar-refractivity contribution in [2.75, 3.05) is 39.3 Å². The summed E-state index contributed by atoms with van der Waals surface area (Å²) in [6.45, 7) is 8.82. The number of benzene rings is 3. The number of likely N-dealkylation sites (tertiary alicyclic amines) is 2. The van der Waals surface area contributed by atoms with Crippen molar-refractivity contribution in [3.63, 3.8) is 0 Å². The first kappa shape index (κ1) is 39.8. The largest absolute Gasteiger partial charge is 0.508 e. The fourth-order valence-corrected chi connectivity index (χ4v) is 7.45. The molecule has 13 nitrogen and oxygen atoms in total. The van der Waals surface area contributed by atoms with Crippen LogP contribution in [0, 0.1) is 6.92 Å². The molecule has 6 N–H and O–H groups in total. The number of nitrogens with zero attached hydrogens (tertiary/aromatic N) is 2. The highest BCUT2D eigenvalue weighted by atomic mass is 32.1. The van der Waals surface area contributed by atoms with Crippen molar-refractivity contribution in [1.82, 2.24) is 9.80 Å². The van der Waals surface area contributed by atoms with Crippen molar-refractivity contribution in [2.24, 2.45) is 0 Å². The molecule has 0 radical (unpaired) electrons. The minimum Gasteiger partial charge on any atom is -0.508 e. The van der Waals surface area contributed by atoms with Crippen molar-refractivity contribution < 1.29 is 54.6 Å². The summed E-state index contributed by atoms with van der Waals surface area (Å²) in [5, 5.41) is 51.3. The number of aromatic hydroxyl groups is 1. The monoisotopic (exact) mass is 736 g/mol. The Hall–Kier alpha value is -5.02. The van der Waals surface area contributed by atoms with E-state index in [1.807, 2.05) is 24.3 Å². The lowest BCUT2D eigenvalue weighted by Gasteiger charge is -2.19. The normalized spacial score (nSPS) is 14.9. The number of ether oxygens (including phenoxy) is 1. The van der Waals surface area contributed by atoms with Gasteiger partial charge in [0, 0.05) is 22.7 Å². The van der Waals surface area contributed by atoms with Gasteiger partial charge in [0.15, 0.2) is 0 Å². The van der Waals surface area contributed by atoms with Gasteiger partial charge in [-0.25, -0.2) is 19.2 Å². The minimum absolute atomic E-state index is 0.296. The summed E-state index contributed by atoms with van der Waals surface area (Å²) in [6, 6.07) is 20.9. The highest BCUT2D eigenvalue weighted by Gasteiger charge is 2.19. The molecule has 278 valence electrons. The third-order valence-electron chi connectivity index (χ3n) is 8.75. The number of phenolic OH excluding ortho intramolecular Hbond substituents is 1. The van der Waals surface area contributed by atoms with E-state index in [0.717, 1.165) is 42.1 Å². The molecule has 6 rings (SSSR count). The van der Waals surface area contributed by atoms with Crippen LogP contribution in [-0.4, -0.2) is 110 Å². The maximum Gasteiger partial charge on any atom is 0.414 e. The Labute approximate surface area is 304 Å². The number of phenols is 1. The third kappa shape index (κ3) is 11.8. The van der Waals surface area contributed by atoms with E-state index in [1.165, 1.54) is 71.3 Å². The number of thiophene rings is 1. The quantitative estimate of drug-likeness (QED) is 0.120. The molecule has 1 atom stereocenters. The molecule has 3 aromatic carbocycles. The molecular formula is C38H44N2O11S. The number of aliphatic hydroxyl groups is 1. The topological polar surface area (TPSA) is 205 Å². The fourth-order valence-electron chi connectivity index (χ4n) is 6.19. The fraction of sp³-hybridized carbons (Fsp3) is 0.368. The minimum atomic E-state index is -1.82. The van der Waals surface area contributed by atoms with Gasteiger partial charge in [0.2, 0.25) is 0 Å². The van der Waals surface area contributed by atoms with Crippen LogP contribution in [0.15, 0.2) is 60.7 Å². The first-order chi connectivity index (χ1) is 24.8. The second-order valence-corrected chi connectivity index (χ2v) is 13.8. The lowest BCUT2D eigenvalue weighted by atomic mass is 9.96. The predicted octanol–water partition coefficient (Wildman–Crippen LogP) is 4.92. The van der Waals surface area contributed by atoms with E-state index >= 15 is 0 Å². The van der Waals surface area contributed by atoms with Crippen LogP contribution >= 0.6 is 11.3 Å². The highest BCUT2D eigenvalue weighted by Crippen LogP contribution is 2.41. The Morgan fingerprint density at radius 2 is 1.35 bits per heavy atom. The van der Waals surface area contributed by atoms with Crippen molar-refractivity contribution >= 4 is 45.3 Å². The number of β-amino-alcohol motifs (C(OH)–C–C–N with tert-alkyl or cyclic N) is 1. The van der Waals surface area contributed by atoms with Crippen LogP contribution in [0.25, 0.3) is 20.5 Å². The Bertz CT molecular complexity index is 1800. The first-order valence-corrected chi connectivity index (χ1v) is 17.7. The van der Waals surface area contributed by atoms with Crippen LogP contribution in [0.1, 0.15) is 47.9 Å². The van der Waals surface area contributed by atoms with Crippen molar-refractivity contribution in [1.29, 1.82) is 0 Å². The van der Waals surface area contributed by atoms with Gasteiger partial charge in [-0.05, 0) is 141 Å². The molecular weight excluding hydrogens is 692 g/mol. The molecule has 4 aromatic rings. The molecule has 2 aliphatic rings. The van der Waals surface area contributed by atoms with Crippen LogP contribution in [0.4, 0.5) is 0 Å². The molecule has 52 heavy (non-hydrogen) atoms. The van der Waals surface area contributed by atoms with Gasteiger partial charge in [-0.15, -0.1) is 11.3 Å². The maximum absolute atomic E-state index is 10.4. The zero-order valence-electron chi connectivity index (χ0n) is 28.9. The Kier molecular flexibility index (Phi) is 14.5. The zero-order valence-corrected chi connectivity index (χ0v) is 29.7. The lowest BCUT2D eigenvalue weighted by Crippen LogP contribution is -2.33. The van der Waals surface area contributed by atoms with Crippen LogP contribution in [0.2, 0.25) is 0 Å². The number of aliphatic carboxylic acids is 4. The Balaban J connectivity index is 0.000000436. The molecule has 1 aromatic heterocycles. The average Bonchev–Trinajstić information content (AvgIpc) is 3.88. The van der Waals surface area contributed by atoms with Crippen LogP contribution in [-0.2, 0) is 32.1 Å². The number of hydrogen-bond donors (Lipinski definition) is 6. The maximum atomic E-state index is 10.4. The number of carbonyl (C=O) groups is 4. The SMILES string of the molecule is Cc1cc(Cc2c(-c3ccc(OC[C@H](O)CN4CCCC4)cc3)sc3cc(O)ccc23)ccc1CN1CCCC1.O=C(O)C(=O)O.O=C(O)C(=O)O. The van der Waals surface area contributed by atoms with Crippen LogP contribution in [0.3, 0.4) is 0 Å². The van der Waals surface area contributed by atoms with Gasteiger partial charge in [0.05, 0.1) is 0 Å². The summed E-state index contributed by atoms with van der Waals surface area (Å²) in [7, 11) is 0. The number of aliphatic hydroxyl groups excluding tert-OH is 1. The highest BCUT2D eigenvalue weighted by molar-refractivity contribution is 7.22. The Morgan fingerprint density at radius 1 is 0.769 bits per heavy atom. The second-order valence-electron chi connectivity index (χ2n) is 12.7. The summed E-state index contributed by atoms with van der Waals surface area (Å²) in [6.07, 6.45) is 5.43. The number of hydrogen-bond acceptors (Lipinski definition) is 10. The summed E-state index contributed by atoms with van der Waals surface area (Å²) < 4.78 is 7.03. The average molecular weight is 737 g/mol. The van der Waals surface area contributed by atoms with E-state index in [4.69, 9.17) is 44.3 Å². The van der Waals surface area contributed by atoms with Gasteiger partial charge >= 0.3 is 23.9 Å². The zero-order chi connectivity index (χ0) is 37.8. The van der Waals surface area contributed by atoms with Crippen molar-refractivity contribution in [3.8, 4) is 21.9 Å². The molecule has 0 unspecified atom stereocenters. The number of aryl methyl sites for hydroxylation is 1. The summed E-state index contributed by atoms with van der Waals surface area (Å²) in [5.41, 5.74) is 6.52. The van der Waals surface area contributed by atoms with Crippen molar-refractivity contribution in [3.05, 3.63) is 82.9 Å². The van der Waals surface area contributed by atoms with Crippen LogP contribution < -0.4 is 4.74 Å². The molecule has 0 spiro atoms. The van der Waals surface area contributed by atoms with Gasteiger partial charge in [-0.1, -0.05) is 18.2 Å². The summed E-state index contributed by atoms with van der Waals surface area (Å²) >= 11 is 1.73. The molecule has 0 saturated carbocycles. The van der Waals surface area contributed by atoms with Gasteiger partial charge in [-0.2, -0.15) is 0 Å². The van der Waals surface area contributed by atoms with E-state index in [1.54, 1.807) is 17.4 Å². The summed E-state index contributed by atoms with van der Waals surface area (Å²) in [5.74, 6) is -6.23. The lowest BCUT2D eigenvalue weighted by molar-refractivity contribution is -0.159.